The van der Waals surface area contributed by atoms with Gasteiger partial charge in [0.1, 0.15) is 36.3 Å². The number of amides is 8. The molecule has 8 amide bonds. The van der Waals surface area contributed by atoms with Gasteiger partial charge in [-0.2, -0.15) is 0 Å². The maximum Gasteiger partial charge on any atom is 0.326 e. The molecular weight excluding hydrogens is 811 g/mol. The minimum Gasteiger partial charge on any atom is -0.480 e. The molecule has 0 bridgehead atoms. The standard InChI is InChI=1S/C41H75N9O12/c1-13-22(9)31(46-28(53)18-44-38(58)33(24(11)51)49-35(55)26(42)15-19(3)4)37(57)43-17-29(54)47-32(23(10)14-2)39(59)45-27(16-20(5)6)36(56)50-34(25(12)52)40(60)48-30(21(7)8)41(61)62/h19-27,30-34,51-52H,13-18,42H2,1-12H3,(H,43,57)(H,44,58)(H,45,59)(H,46,53)(H,47,54)(H,48,60)(H,49,55)(H,50,56)(H,61,62)/t22-,23-,24+,25+,26-,27-,30-,31-,32-,33-,34-/m0/s1. The van der Waals surface area contributed by atoms with Crippen LogP contribution in [-0.4, -0.2) is 136 Å². The molecule has 0 spiro atoms. The van der Waals surface area contributed by atoms with Crippen molar-refractivity contribution >= 4 is 53.2 Å². The quantitative estimate of drug-likeness (QED) is 0.0411. The molecule has 13 N–H and O–H groups in total. The summed E-state index contributed by atoms with van der Waals surface area (Å²) in [5.41, 5.74) is 5.89. The highest BCUT2D eigenvalue weighted by Crippen LogP contribution is 2.13. The normalized spacial score (nSPS) is 16.7. The van der Waals surface area contributed by atoms with Crippen molar-refractivity contribution in [1.29, 1.82) is 0 Å². The number of carboxylic acid groups (broad SMARTS) is 1. The second-order valence-electron chi connectivity index (χ2n) is 17.2. The van der Waals surface area contributed by atoms with Gasteiger partial charge in [-0.05, 0) is 56.3 Å². The lowest BCUT2D eigenvalue weighted by atomic mass is 9.96. The molecule has 0 aliphatic carbocycles. The van der Waals surface area contributed by atoms with Crippen molar-refractivity contribution in [2.45, 2.75) is 163 Å². The maximum absolute atomic E-state index is 13.7. The van der Waals surface area contributed by atoms with E-state index in [1.54, 1.807) is 55.4 Å². The fraction of sp³-hybridized carbons (Fsp3) is 0.780. The number of carboxylic acids is 1. The van der Waals surface area contributed by atoms with Crippen LogP contribution in [0.2, 0.25) is 0 Å². The van der Waals surface area contributed by atoms with E-state index in [1.165, 1.54) is 13.8 Å². The summed E-state index contributed by atoms with van der Waals surface area (Å²) in [5, 5.41) is 49.7. The van der Waals surface area contributed by atoms with Gasteiger partial charge in [0, 0.05) is 0 Å². The van der Waals surface area contributed by atoms with Crippen LogP contribution in [0.5, 0.6) is 0 Å². The molecule has 0 saturated heterocycles. The Bertz CT molecular complexity index is 1520. The minimum atomic E-state index is -1.56. The highest BCUT2D eigenvalue weighted by atomic mass is 16.4. The Labute approximate surface area is 365 Å². The summed E-state index contributed by atoms with van der Waals surface area (Å²) in [4.78, 5) is 117. The molecule has 11 atom stereocenters. The van der Waals surface area contributed by atoms with E-state index in [9.17, 15) is 58.5 Å². The van der Waals surface area contributed by atoms with E-state index in [4.69, 9.17) is 5.73 Å². The molecule has 21 nitrogen and oxygen atoms in total. The first-order chi connectivity index (χ1) is 28.7. The number of nitrogens with one attached hydrogen (secondary N) is 8. The molecule has 0 aliphatic rings. The Morgan fingerprint density at radius 2 is 0.839 bits per heavy atom. The van der Waals surface area contributed by atoms with Crippen LogP contribution in [0.3, 0.4) is 0 Å². The number of carbonyl (C=O) groups excluding carboxylic acids is 8. The van der Waals surface area contributed by atoms with Crippen LogP contribution < -0.4 is 48.3 Å². The monoisotopic (exact) mass is 886 g/mol. The summed E-state index contributed by atoms with van der Waals surface area (Å²) >= 11 is 0. The van der Waals surface area contributed by atoms with Crippen molar-refractivity contribution < 1.29 is 58.5 Å². The highest BCUT2D eigenvalue weighted by Gasteiger charge is 2.36. The zero-order valence-corrected chi connectivity index (χ0v) is 38.4. The van der Waals surface area contributed by atoms with Gasteiger partial charge in [-0.25, -0.2) is 4.79 Å². The molecule has 0 saturated carbocycles. The van der Waals surface area contributed by atoms with E-state index in [0.29, 0.717) is 19.3 Å². The third-order valence-corrected chi connectivity index (χ3v) is 10.2. The van der Waals surface area contributed by atoms with Crippen LogP contribution in [0.25, 0.3) is 0 Å². The molecule has 0 radical (unpaired) electrons. The number of carbonyl (C=O) groups is 9. The minimum absolute atomic E-state index is 0.0873. The van der Waals surface area contributed by atoms with Crippen LogP contribution in [0.15, 0.2) is 0 Å². The summed E-state index contributed by atoms with van der Waals surface area (Å²) in [6.07, 6.45) is -1.51. The lowest BCUT2D eigenvalue weighted by Gasteiger charge is -2.29. The number of nitrogens with two attached hydrogens (primary N) is 1. The van der Waals surface area contributed by atoms with Gasteiger partial charge < -0.3 is 63.6 Å². The number of aliphatic hydroxyl groups excluding tert-OH is 2. The summed E-state index contributed by atoms with van der Waals surface area (Å²) in [5.74, 6) is -9.10. The van der Waals surface area contributed by atoms with Crippen LogP contribution in [0.1, 0.15) is 109 Å². The Morgan fingerprint density at radius 1 is 0.468 bits per heavy atom. The fourth-order valence-electron chi connectivity index (χ4n) is 6.07. The lowest BCUT2D eigenvalue weighted by Crippen LogP contribution is -2.61. The van der Waals surface area contributed by atoms with Crippen molar-refractivity contribution in [3.8, 4) is 0 Å². The Hall–Kier alpha value is -4.89. The van der Waals surface area contributed by atoms with Crippen LogP contribution in [-0.2, 0) is 43.2 Å². The van der Waals surface area contributed by atoms with Gasteiger partial charge in [-0.15, -0.1) is 0 Å². The number of aliphatic hydroxyl groups is 2. The van der Waals surface area contributed by atoms with Gasteiger partial charge in [0.25, 0.3) is 0 Å². The second kappa shape index (κ2) is 27.9. The summed E-state index contributed by atoms with van der Waals surface area (Å²) < 4.78 is 0. The van der Waals surface area contributed by atoms with Crippen molar-refractivity contribution in [2.24, 2.45) is 35.3 Å². The van der Waals surface area contributed by atoms with Gasteiger partial charge in [-0.3, -0.25) is 38.4 Å². The first-order valence-corrected chi connectivity index (χ1v) is 21.4. The van der Waals surface area contributed by atoms with E-state index >= 15 is 0 Å². The Morgan fingerprint density at radius 3 is 1.23 bits per heavy atom. The van der Waals surface area contributed by atoms with Crippen molar-refractivity contribution in [1.82, 2.24) is 42.5 Å². The highest BCUT2D eigenvalue weighted by molar-refractivity contribution is 5.97. The van der Waals surface area contributed by atoms with Gasteiger partial charge in [-0.1, -0.05) is 82.1 Å². The molecular formula is C41H75N9O12. The summed E-state index contributed by atoms with van der Waals surface area (Å²) in [6, 6.07) is -8.79. The van der Waals surface area contributed by atoms with Gasteiger partial charge in [0.2, 0.25) is 47.3 Å². The molecule has 21 heteroatoms. The largest absolute Gasteiger partial charge is 0.480 e. The molecule has 356 valence electrons. The zero-order chi connectivity index (χ0) is 48.2. The first kappa shape index (κ1) is 57.1. The summed E-state index contributed by atoms with van der Waals surface area (Å²) in [7, 11) is 0. The van der Waals surface area contributed by atoms with E-state index in [-0.39, 0.29) is 18.3 Å². The smallest absolute Gasteiger partial charge is 0.326 e. The average molecular weight is 886 g/mol. The molecule has 0 aliphatic heterocycles. The maximum atomic E-state index is 13.7. The van der Waals surface area contributed by atoms with Crippen molar-refractivity contribution in [3.05, 3.63) is 0 Å². The number of hydrogen-bond acceptors (Lipinski definition) is 12. The van der Waals surface area contributed by atoms with Crippen LogP contribution in [0, 0.1) is 29.6 Å². The van der Waals surface area contributed by atoms with Gasteiger partial charge in [0.15, 0.2) is 0 Å². The first-order valence-electron chi connectivity index (χ1n) is 21.4. The third-order valence-electron chi connectivity index (χ3n) is 10.2. The molecule has 62 heavy (non-hydrogen) atoms. The average Bonchev–Trinajstić information content (AvgIpc) is 3.17. The van der Waals surface area contributed by atoms with Crippen molar-refractivity contribution in [3.63, 3.8) is 0 Å². The number of rotatable bonds is 28. The topological polar surface area (TPSA) is 337 Å². The molecule has 0 fully saturated rings. The van der Waals surface area contributed by atoms with Crippen LogP contribution in [0.4, 0.5) is 0 Å². The SMILES string of the molecule is CC[C@H](C)[C@H](NC(=O)CNC(=O)[C@@H](NC(=O)[C@@H](N)CC(C)C)[C@@H](C)O)C(=O)NCC(=O)N[C@H](C(=O)N[C@@H](CC(C)C)C(=O)N[C@H](C(=O)N[C@H](C(=O)O)C(C)C)[C@@H](C)O)[C@@H](C)CC. The van der Waals surface area contributed by atoms with E-state index in [0.717, 1.165) is 0 Å². The van der Waals surface area contributed by atoms with E-state index < -0.39 is 139 Å². The molecule has 0 aromatic carbocycles. The number of hydrogen-bond donors (Lipinski definition) is 12. The van der Waals surface area contributed by atoms with Gasteiger partial charge >= 0.3 is 5.97 Å². The van der Waals surface area contributed by atoms with Crippen molar-refractivity contribution in [2.75, 3.05) is 13.1 Å². The van der Waals surface area contributed by atoms with E-state index in [1.807, 2.05) is 13.8 Å². The predicted molar refractivity (Wildman–Crippen MR) is 229 cm³/mol. The Balaban J connectivity index is 5.82. The second-order valence-corrected chi connectivity index (χ2v) is 17.2. The van der Waals surface area contributed by atoms with Gasteiger partial charge in [0.05, 0.1) is 31.3 Å². The molecule has 0 rings (SSSR count). The Kier molecular flexibility index (Phi) is 25.7. The molecule has 0 aromatic heterocycles. The summed E-state index contributed by atoms with van der Waals surface area (Å²) in [6.45, 7) is 18.7. The molecule has 0 aromatic rings. The van der Waals surface area contributed by atoms with Crippen LogP contribution >= 0.6 is 0 Å². The number of aliphatic carboxylic acids is 1. The molecule has 0 heterocycles. The van der Waals surface area contributed by atoms with E-state index in [2.05, 4.69) is 42.5 Å². The fourth-order valence-corrected chi connectivity index (χ4v) is 6.07. The lowest BCUT2D eigenvalue weighted by molar-refractivity contribution is -0.144. The zero-order valence-electron chi connectivity index (χ0n) is 38.4. The molecule has 0 unspecified atom stereocenters. The third kappa shape index (κ3) is 20.3. The predicted octanol–water partition coefficient (Wildman–Crippen LogP) is -1.86.